The fraction of sp³-hybridized carbons (Fsp3) is 0.353. The number of carbonyl (C=O) groups excluding carboxylic acids is 3. The van der Waals surface area contributed by atoms with Crippen LogP contribution < -0.4 is 15.4 Å². The Bertz CT molecular complexity index is 970. The first-order valence-corrected chi connectivity index (χ1v) is 8.21. The van der Waals surface area contributed by atoms with E-state index in [0.29, 0.717) is 22.6 Å². The second kappa shape index (κ2) is 8.26. The minimum absolute atomic E-state index is 0. The number of ether oxygens (including phenoxy) is 1. The van der Waals surface area contributed by atoms with Crippen LogP contribution in [0.5, 0.6) is 5.75 Å². The minimum atomic E-state index is -1.05. The number of amides is 3. The van der Waals surface area contributed by atoms with Gasteiger partial charge in [-0.25, -0.2) is 4.98 Å². The van der Waals surface area contributed by atoms with Crippen molar-refractivity contribution in [1.29, 1.82) is 0 Å². The molecule has 10 nitrogen and oxygen atoms in total. The van der Waals surface area contributed by atoms with E-state index in [1.54, 1.807) is 13.0 Å². The second-order valence-corrected chi connectivity index (χ2v) is 6.16. The summed E-state index contributed by atoms with van der Waals surface area (Å²) in [7, 11) is 1.42. The van der Waals surface area contributed by atoms with Gasteiger partial charge in [-0.15, -0.1) is 12.4 Å². The summed E-state index contributed by atoms with van der Waals surface area (Å²) in [6, 6.07) is 2.24. The SMILES string of the molecule is COc1cc(C(=O)NC2CCC(=O)NC2=O)c2nc(C)n(CC(=O)O)c2c1.Cl. The predicted octanol–water partition coefficient (Wildman–Crippen LogP) is 0.395. The van der Waals surface area contributed by atoms with Gasteiger partial charge in [0.1, 0.15) is 29.7 Å². The average molecular weight is 411 g/mol. The fourth-order valence-electron chi connectivity index (χ4n) is 3.01. The molecule has 1 atom stereocenters. The highest BCUT2D eigenvalue weighted by Gasteiger charge is 2.29. The first kappa shape index (κ1) is 21.2. The number of aryl methyl sites for hydroxylation is 1. The molecule has 0 saturated carbocycles. The van der Waals surface area contributed by atoms with Gasteiger partial charge in [0.05, 0.1) is 18.2 Å². The molecule has 11 heteroatoms. The van der Waals surface area contributed by atoms with E-state index in [4.69, 9.17) is 9.84 Å². The number of carboxylic acid groups (broad SMARTS) is 1. The van der Waals surface area contributed by atoms with E-state index in [2.05, 4.69) is 15.6 Å². The summed E-state index contributed by atoms with van der Waals surface area (Å²) < 4.78 is 6.68. The molecule has 0 spiro atoms. The van der Waals surface area contributed by atoms with E-state index in [-0.39, 0.29) is 43.3 Å². The van der Waals surface area contributed by atoms with Gasteiger partial charge in [-0.3, -0.25) is 24.5 Å². The Balaban J connectivity index is 0.00000280. The van der Waals surface area contributed by atoms with Gasteiger partial charge in [-0.1, -0.05) is 0 Å². The predicted molar refractivity (Wildman–Crippen MR) is 99.5 cm³/mol. The Morgan fingerprint density at radius 2 is 2.11 bits per heavy atom. The Morgan fingerprint density at radius 3 is 2.71 bits per heavy atom. The normalized spacial score (nSPS) is 16.3. The largest absolute Gasteiger partial charge is 0.497 e. The van der Waals surface area contributed by atoms with Crippen LogP contribution >= 0.6 is 12.4 Å². The molecule has 3 rings (SSSR count). The van der Waals surface area contributed by atoms with Crippen LogP contribution in [0, 0.1) is 6.92 Å². The highest BCUT2D eigenvalue weighted by atomic mass is 35.5. The summed E-state index contributed by atoms with van der Waals surface area (Å²) >= 11 is 0. The lowest BCUT2D eigenvalue weighted by atomic mass is 10.0. The van der Waals surface area contributed by atoms with Gasteiger partial charge in [-0.2, -0.15) is 0 Å². The number of methoxy groups -OCH3 is 1. The summed E-state index contributed by atoms with van der Waals surface area (Å²) in [5.74, 6) is -1.77. The van der Waals surface area contributed by atoms with Crippen molar-refractivity contribution in [1.82, 2.24) is 20.2 Å². The van der Waals surface area contributed by atoms with E-state index < -0.39 is 23.8 Å². The molecule has 28 heavy (non-hydrogen) atoms. The number of halogens is 1. The monoisotopic (exact) mass is 410 g/mol. The number of nitrogens with one attached hydrogen (secondary N) is 2. The third-order valence-electron chi connectivity index (χ3n) is 4.34. The number of imide groups is 1. The van der Waals surface area contributed by atoms with Crippen molar-refractivity contribution >= 4 is 47.1 Å². The number of aliphatic carboxylic acids is 1. The van der Waals surface area contributed by atoms with E-state index >= 15 is 0 Å². The van der Waals surface area contributed by atoms with Crippen LogP contribution in [-0.2, 0) is 20.9 Å². The molecule has 1 aliphatic heterocycles. The fourth-order valence-corrected chi connectivity index (χ4v) is 3.01. The number of fused-ring (bicyclic) bond motifs is 1. The van der Waals surface area contributed by atoms with Gasteiger partial charge in [0.15, 0.2) is 0 Å². The van der Waals surface area contributed by atoms with Crippen molar-refractivity contribution in [3.8, 4) is 5.75 Å². The minimum Gasteiger partial charge on any atom is -0.497 e. The first-order chi connectivity index (χ1) is 12.8. The van der Waals surface area contributed by atoms with Gasteiger partial charge >= 0.3 is 5.97 Å². The maximum absolute atomic E-state index is 12.8. The molecule has 1 aromatic heterocycles. The highest BCUT2D eigenvalue weighted by Crippen LogP contribution is 2.26. The average Bonchev–Trinajstić information content (AvgIpc) is 2.91. The molecule has 2 aromatic rings. The zero-order chi connectivity index (χ0) is 19.7. The lowest BCUT2D eigenvalue weighted by Crippen LogP contribution is -2.52. The van der Waals surface area contributed by atoms with Gasteiger partial charge in [0, 0.05) is 12.5 Å². The van der Waals surface area contributed by atoms with Gasteiger partial charge < -0.3 is 19.7 Å². The number of benzene rings is 1. The molecular weight excluding hydrogens is 392 g/mol. The molecule has 2 heterocycles. The summed E-state index contributed by atoms with van der Waals surface area (Å²) in [6.45, 7) is 1.32. The number of aromatic nitrogens is 2. The number of nitrogens with zero attached hydrogens (tertiary/aromatic N) is 2. The number of hydrogen-bond acceptors (Lipinski definition) is 6. The Kier molecular flexibility index (Phi) is 6.24. The van der Waals surface area contributed by atoms with E-state index in [1.807, 2.05) is 0 Å². The third kappa shape index (κ3) is 4.06. The van der Waals surface area contributed by atoms with Crippen LogP contribution in [0.1, 0.15) is 29.0 Å². The Hall–Kier alpha value is -3.14. The summed E-state index contributed by atoms with van der Waals surface area (Å²) in [5.41, 5.74) is 0.892. The van der Waals surface area contributed by atoms with E-state index in [9.17, 15) is 19.2 Å². The Labute approximate surface area is 165 Å². The summed E-state index contributed by atoms with van der Waals surface area (Å²) in [6.07, 6.45) is 0.340. The molecule has 3 N–H and O–H groups in total. The maximum Gasteiger partial charge on any atom is 0.323 e. The standard InChI is InChI=1S/C17H18N4O6.ClH/c1-8-18-15-10(16(25)19-11-3-4-13(22)20-17(11)26)5-9(27-2)6-12(15)21(8)7-14(23)24;/h5-6,11H,3-4,7H2,1-2H3,(H,19,25)(H,23,24)(H,20,22,26);1H. The van der Waals surface area contributed by atoms with Crippen LogP contribution in [0.2, 0.25) is 0 Å². The maximum atomic E-state index is 12.8. The van der Waals surface area contributed by atoms with Crippen molar-refractivity contribution in [2.24, 2.45) is 0 Å². The smallest absolute Gasteiger partial charge is 0.323 e. The molecule has 0 bridgehead atoms. The van der Waals surface area contributed by atoms with Crippen molar-refractivity contribution in [2.75, 3.05) is 7.11 Å². The molecular formula is C17H19ClN4O6. The Morgan fingerprint density at radius 1 is 1.39 bits per heavy atom. The second-order valence-electron chi connectivity index (χ2n) is 6.16. The van der Waals surface area contributed by atoms with Crippen LogP contribution in [0.15, 0.2) is 12.1 Å². The van der Waals surface area contributed by atoms with E-state index in [1.165, 1.54) is 17.7 Å². The first-order valence-electron chi connectivity index (χ1n) is 8.21. The van der Waals surface area contributed by atoms with Crippen molar-refractivity contribution in [3.05, 3.63) is 23.5 Å². The van der Waals surface area contributed by atoms with Crippen molar-refractivity contribution < 1.29 is 29.0 Å². The molecule has 3 amide bonds. The van der Waals surface area contributed by atoms with Crippen LogP contribution in [-0.4, -0.2) is 51.5 Å². The molecule has 1 unspecified atom stereocenters. The lowest BCUT2D eigenvalue weighted by molar-refractivity contribution is -0.138. The molecule has 1 aromatic carbocycles. The third-order valence-corrected chi connectivity index (χ3v) is 4.34. The van der Waals surface area contributed by atoms with Crippen LogP contribution in [0.4, 0.5) is 0 Å². The zero-order valence-corrected chi connectivity index (χ0v) is 16.0. The number of hydrogen-bond donors (Lipinski definition) is 3. The van der Waals surface area contributed by atoms with Crippen LogP contribution in [0.3, 0.4) is 0 Å². The molecule has 150 valence electrons. The highest BCUT2D eigenvalue weighted by molar-refractivity contribution is 6.08. The molecule has 1 saturated heterocycles. The number of carboxylic acids is 1. The van der Waals surface area contributed by atoms with Gasteiger partial charge in [0.2, 0.25) is 11.8 Å². The topological polar surface area (TPSA) is 140 Å². The zero-order valence-electron chi connectivity index (χ0n) is 15.1. The van der Waals surface area contributed by atoms with Crippen molar-refractivity contribution in [3.63, 3.8) is 0 Å². The molecule has 1 fully saturated rings. The van der Waals surface area contributed by atoms with Gasteiger partial charge in [0.25, 0.3) is 5.91 Å². The number of rotatable bonds is 5. The lowest BCUT2D eigenvalue weighted by Gasteiger charge is -2.22. The van der Waals surface area contributed by atoms with Crippen molar-refractivity contribution in [2.45, 2.75) is 32.4 Å². The number of imidazole rings is 1. The quantitative estimate of drug-likeness (QED) is 0.606. The summed E-state index contributed by atoms with van der Waals surface area (Å²) in [5, 5.41) is 13.9. The molecule has 0 aliphatic carbocycles. The number of piperidine rings is 1. The molecule has 1 aliphatic rings. The van der Waals surface area contributed by atoms with Gasteiger partial charge in [-0.05, 0) is 19.4 Å². The van der Waals surface area contributed by atoms with Crippen LogP contribution in [0.25, 0.3) is 11.0 Å². The summed E-state index contributed by atoms with van der Waals surface area (Å²) in [4.78, 5) is 51.3. The van der Waals surface area contributed by atoms with E-state index in [0.717, 1.165) is 0 Å². The number of carbonyl (C=O) groups is 4. The molecule has 0 radical (unpaired) electrons.